The van der Waals surface area contributed by atoms with E-state index < -0.39 is 11.4 Å². The van der Waals surface area contributed by atoms with Gasteiger partial charge >= 0.3 is 5.97 Å². The maximum absolute atomic E-state index is 12.1. The van der Waals surface area contributed by atoms with Crippen LogP contribution in [-0.2, 0) is 9.59 Å². The highest BCUT2D eigenvalue weighted by molar-refractivity contribution is 5.83. The lowest BCUT2D eigenvalue weighted by Crippen LogP contribution is -2.46. The molecule has 0 radical (unpaired) electrons. The van der Waals surface area contributed by atoms with Gasteiger partial charge in [0.25, 0.3) is 0 Å². The van der Waals surface area contributed by atoms with Crippen molar-refractivity contribution in [3.05, 3.63) is 0 Å². The van der Waals surface area contributed by atoms with Crippen molar-refractivity contribution in [1.29, 1.82) is 0 Å². The van der Waals surface area contributed by atoms with E-state index in [4.69, 9.17) is 5.11 Å². The van der Waals surface area contributed by atoms with Crippen LogP contribution in [0.5, 0.6) is 0 Å². The Morgan fingerprint density at radius 1 is 1.18 bits per heavy atom. The van der Waals surface area contributed by atoms with Crippen molar-refractivity contribution in [2.75, 3.05) is 13.1 Å². The summed E-state index contributed by atoms with van der Waals surface area (Å²) in [5, 5.41) is 9.12. The van der Waals surface area contributed by atoms with Gasteiger partial charge in [-0.1, -0.05) is 13.8 Å². The first-order valence-electron chi connectivity index (χ1n) is 6.28. The molecule has 2 fully saturated rings. The molecule has 1 saturated heterocycles. The van der Waals surface area contributed by atoms with Gasteiger partial charge in [-0.2, -0.15) is 0 Å². The van der Waals surface area contributed by atoms with Crippen LogP contribution < -0.4 is 0 Å². The van der Waals surface area contributed by atoms with E-state index >= 15 is 0 Å². The van der Waals surface area contributed by atoms with Gasteiger partial charge < -0.3 is 10.0 Å². The molecule has 0 aromatic heterocycles. The van der Waals surface area contributed by atoms with Crippen molar-refractivity contribution in [2.45, 2.75) is 40.0 Å². The summed E-state index contributed by atoms with van der Waals surface area (Å²) in [5.41, 5.74) is -0.486. The fourth-order valence-electron chi connectivity index (χ4n) is 2.54. The summed E-state index contributed by atoms with van der Waals surface area (Å²) < 4.78 is 0. The molecule has 1 amide bonds. The first kappa shape index (κ1) is 12.4. The van der Waals surface area contributed by atoms with Gasteiger partial charge in [0, 0.05) is 19.0 Å². The summed E-state index contributed by atoms with van der Waals surface area (Å²) >= 11 is 0. The topological polar surface area (TPSA) is 57.6 Å². The van der Waals surface area contributed by atoms with Crippen molar-refractivity contribution in [2.24, 2.45) is 16.7 Å². The molecular formula is C13H21NO3. The summed E-state index contributed by atoms with van der Waals surface area (Å²) in [6, 6.07) is 0. The zero-order valence-corrected chi connectivity index (χ0v) is 10.8. The van der Waals surface area contributed by atoms with Crippen LogP contribution in [0.2, 0.25) is 0 Å². The van der Waals surface area contributed by atoms with Crippen molar-refractivity contribution < 1.29 is 14.7 Å². The van der Waals surface area contributed by atoms with E-state index in [0.29, 0.717) is 25.9 Å². The number of rotatable bonds is 2. The standard InChI is InChI=1S/C13H21NO3/c1-12(2)8-9(12)10(15)14-6-4-13(3,5-7-14)11(16)17/h9H,4-8H2,1-3H3,(H,16,17). The van der Waals surface area contributed by atoms with Crippen molar-refractivity contribution in [1.82, 2.24) is 4.90 Å². The predicted octanol–water partition coefficient (Wildman–Crippen LogP) is 1.75. The molecule has 17 heavy (non-hydrogen) atoms. The highest BCUT2D eigenvalue weighted by Gasteiger charge is 2.52. The van der Waals surface area contributed by atoms with Gasteiger partial charge in [-0.25, -0.2) is 0 Å². The van der Waals surface area contributed by atoms with E-state index in [2.05, 4.69) is 13.8 Å². The number of piperidine rings is 1. The van der Waals surface area contributed by atoms with Crippen LogP contribution in [-0.4, -0.2) is 35.0 Å². The minimum Gasteiger partial charge on any atom is -0.481 e. The van der Waals surface area contributed by atoms with E-state index in [-0.39, 0.29) is 17.2 Å². The third-order valence-electron chi connectivity index (χ3n) is 4.51. The second-order valence-electron chi connectivity index (χ2n) is 6.44. The van der Waals surface area contributed by atoms with Crippen LogP contribution in [0.25, 0.3) is 0 Å². The minimum atomic E-state index is -0.739. The van der Waals surface area contributed by atoms with E-state index in [0.717, 1.165) is 6.42 Å². The van der Waals surface area contributed by atoms with Crippen LogP contribution >= 0.6 is 0 Å². The van der Waals surface area contributed by atoms with Gasteiger partial charge in [-0.15, -0.1) is 0 Å². The number of hydrogen-bond acceptors (Lipinski definition) is 2. The summed E-state index contributed by atoms with van der Waals surface area (Å²) in [5.74, 6) is -0.351. The molecule has 1 aliphatic carbocycles. The minimum absolute atomic E-state index is 0.157. The fourth-order valence-corrected chi connectivity index (χ4v) is 2.54. The molecule has 0 bridgehead atoms. The molecule has 0 aromatic carbocycles. The molecule has 1 atom stereocenters. The Morgan fingerprint density at radius 2 is 1.65 bits per heavy atom. The Morgan fingerprint density at radius 3 is 2.00 bits per heavy atom. The highest BCUT2D eigenvalue weighted by Crippen LogP contribution is 2.52. The lowest BCUT2D eigenvalue weighted by atomic mass is 9.80. The number of carbonyl (C=O) groups excluding carboxylic acids is 1. The summed E-state index contributed by atoms with van der Waals surface area (Å²) in [7, 11) is 0. The monoisotopic (exact) mass is 239 g/mol. The molecule has 1 unspecified atom stereocenters. The molecule has 1 saturated carbocycles. The van der Waals surface area contributed by atoms with Crippen LogP contribution in [0.1, 0.15) is 40.0 Å². The Bertz CT molecular complexity index is 354. The van der Waals surface area contributed by atoms with Gasteiger partial charge in [0.1, 0.15) is 0 Å². The molecule has 96 valence electrons. The maximum Gasteiger partial charge on any atom is 0.309 e. The smallest absolute Gasteiger partial charge is 0.309 e. The number of nitrogens with zero attached hydrogens (tertiary/aromatic N) is 1. The highest BCUT2D eigenvalue weighted by atomic mass is 16.4. The number of amides is 1. The van der Waals surface area contributed by atoms with Gasteiger partial charge in [-0.05, 0) is 31.6 Å². The van der Waals surface area contributed by atoms with Crippen molar-refractivity contribution in [3.63, 3.8) is 0 Å². The van der Waals surface area contributed by atoms with Crippen molar-refractivity contribution >= 4 is 11.9 Å². The third kappa shape index (κ3) is 2.17. The molecule has 2 aliphatic rings. The van der Waals surface area contributed by atoms with Crippen LogP contribution in [0.15, 0.2) is 0 Å². The molecule has 1 aliphatic heterocycles. The van der Waals surface area contributed by atoms with Crippen molar-refractivity contribution in [3.8, 4) is 0 Å². The second kappa shape index (κ2) is 3.72. The normalized spacial score (nSPS) is 29.8. The Labute approximate surface area is 102 Å². The largest absolute Gasteiger partial charge is 0.481 e. The maximum atomic E-state index is 12.1. The summed E-state index contributed by atoms with van der Waals surface area (Å²) in [6.45, 7) is 7.18. The van der Waals surface area contributed by atoms with Gasteiger partial charge in [-0.3, -0.25) is 9.59 Å². The molecule has 2 rings (SSSR count). The number of carboxylic acids is 1. The predicted molar refractivity (Wildman–Crippen MR) is 63.4 cm³/mol. The van der Waals surface area contributed by atoms with Crippen LogP contribution in [0.3, 0.4) is 0 Å². The molecule has 1 N–H and O–H groups in total. The number of likely N-dealkylation sites (tertiary alicyclic amines) is 1. The molecule has 4 nitrogen and oxygen atoms in total. The second-order valence-corrected chi connectivity index (χ2v) is 6.44. The Hall–Kier alpha value is -1.06. The lowest BCUT2D eigenvalue weighted by molar-refractivity contribution is -0.153. The number of aliphatic carboxylic acids is 1. The average Bonchev–Trinajstić information content (AvgIpc) is 2.88. The Kier molecular flexibility index (Phi) is 2.71. The van der Waals surface area contributed by atoms with E-state index in [1.807, 2.05) is 4.90 Å². The SMILES string of the molecule is CC1(C(=O)O)CCN(C(=O)C2CC2(C)C)CC1. The summed E-state index contributed by atoms with van der Waals surface area (Å²) in [6.07, 6.45) is 2.11. The molecule has 1 heterocycles. The van der Waals surface area contributed by atoms with E-state index in [1.165, 1.54) is 0 Å². The van der Waals surface area contributed by atoms with E-state index in [9.17, 15) is 9.59 Å². The quantitative estimate of drug-likeness (QED) is 0.798. The number of carboxylic acid groups (broad SMARTS) is 1. The zero-order chi connectivity index (χ0) is 12.8. The molecular weight excluding hydrogens is 218 g/mol. The molecule has 0 aromatic rings. The number of hydrogen-bond donors (Lipinski definition) is 1. The molecule has 4 heteroatoms. The van der Waals surface area contributed by atoms with Crippen LogP contribution in [0.4, 0.5) is 0 Å². The van der Waals surface area contributed by atoms with Crippen LogP contribution in [0, 0.1) is 16.7 Å². The number of carbonyl (C=O) groups is 2. The molecule has 0 spiro atoms. The van der Waals surface area contributed by atoms with E-state index in [1.54, 1.807) is 6.92 Å². The third-order valence-corrected chi connectivity index (χ3v) is 4.51. The van der Waals surface area contributed by atoms with Gasteiger partial charge in [0.15, 0.2) is 0 Å². The summed E-state index contributed by atoms with van der Waals surface area (Å²) in [4.78, 5) is 25.1. The first-order valence-corrected chi connectivity index (χ1v) is 6.28. The lowest BCUT2D eigenvalue weighted by Gasteiger charge is -2.36. The Balaban J connectivity index is 1.92. The average molecular weight is 239 g/mol. The fraction of sp³-hybridized carbons (Fsp3) is 0.846. The first-order chi connectivity index (χ1) is 7.76. The van der Waals surface area contributed by atoms with Gasteiger partial charge in [0.2, 0.25) is 5.91 Å². The van der Waals surface area contributed by atoms with Gasteiger partial charge in [0.05, 0.1) is 5.41 Å². The zero-order valence-electron chi connectivity index (χ0n) is 10.8.